The van der Waals surface area contributed by atoms with E-state index in [0.717, 1.165) is 12.1 Å². The monoisotopic (exact) mass is 352 g/mol. The Labute approximate surface area is 151 Å². The van der Waals surface area contributed by atoms with Crippen molar-refractivity contribution in [3.8, 4) is 0 Å². The lowest BCUT2D eigenvalue weighted by Gasteiger charge is -2.32. The van der Waals surface area contributed by atoms with E-state index in [2.05, 4.69) is 10.3 Å². The number of hydrogen-bond donors (Lipinski definition) is 1. The van der Waals surface area contributed by atoms with Crippen LogP contribution in [-0.2, 0) is 11.3 Å². The molecule has 0 unspecified atom stereocenters. The van der Waals surface area contributed by atoms with Crippen molar-refractivity contribution >= 4 is 18.2 Å². The van der Waals surface area contributed by atoms with Gasteiger partial charge in [0.25, 0.3) is 11.8 Å². The number of amides is 3. The van der Waals surface area contributed by atoms with Crippen molar-refractivity contribution in [2.24, 2.45) is 0 Å². The average Bonchev–Trinajstić information content (AvgIpc) is 2.72. The minimum atomic E-state index is -0.254. The Balaban J connectivity index is 1.63. The molecule has 1 aromatic heterocycles. The summed E-state index contributed by atoms with van der Waals surface area (Å²) in [6.07, 6.45) is 2.47. The van der Waals surface area contributed by atoms with Crippen LogP contribution in [-0.4, -0.2) is 59.2 Å². The standard InChI is InChI=1S/C19H20N4O3/c24-14-22-8-10-23(11-9-22)19(26)16-5-3-4-15(12-16)18(25)21-13-17-6-1-2-7-20-17/h1-7,12,14H,8-11,13H2,(H,21,25). The molecule has 0 atom stereocenters. The van der Waals surface area contributed by atoms with Gasteiger partial charge in [-0.15, -0.1) is 0 Å². The number of pyridine rings is 1. The molecule has 3 rings (SSSR count). The van der Waals surface area contributed by atoms with Crippen LogP contribution in [0, 0.1) is 0 Å². The Morgan fingerprint density at radius 2 is 1.81 bits per heavy atom. The number of hydrogen-bond acceptors (Lipinski definition) is 4. The Kier molecular flexibility index (Phi) is 5.58. The highest BCUT2D eigenvalue weighted by Gasteiger charge is 2.21. The third kappa shape index (κ3) is 4.24. The summed E-state index contributed by atoms with van der Waals surface area (Å²) in [5, 5.41) is 2.80. The molecule has 1 N–H and O–H groups in total. The highest BCUT2D eigenvalue weighted by Crippen LogP contribution is 2.11. The summed E-state index contributed by atoms with van der Waals surface area (Å²) in [7, 11) is 0. The van der Waals surface area contributed by atoms with Crippen molar-refractivity contribution in [1.82, 2.24) is 20.1 Å². The SMILES string of the molecule is O=CN1CCN(C(=O)c2cccc(C(=O)NCc3ccccn3)c2)CC1. The smallest absolute Gasteiger partial charge is 0.253 e. The Bertz CT molecular complexity index is 786. The van der Waals surface area contributed by atoms with Gasteiger partial charge in [-0.2, -0.15) is 0 Å². The number of rotatable bonds is 5. The molecular weight excluding hydrogens is 332 g/mol. The highest BCUT2D eigenvalue weighted by atomic mass is 16.2. The maximum atomic E-state index is 12.6. The summed E-state index contributed by atoms with van der Waals surface area (Å²) in [5.41, 5.74) is 1.66. The van der Waals surface area contributed by atoms with E-state index in [1.807, 2.05) is 18.2 Å². The Hall–Kier alpha value is -3.22. The lowest BCUT2D eigenvalue weighted by molar-refractivity contribution is -0.119. The van der Waals surface area contributed by atoms with Crippen molar-refractivity contribution < 1.29 is 14.4 Å². The molecule has 2 heterocycles. The molecule has 2 aromatic rings. The van der Waals surface area contributed by atoms with Crippen LogP contribution < -0.4 is 5.32 Å². The van der Waals surface area contributed by atoms with Crippen LogP contribution in [0.1, 0.15) is 26.4 Å². The molecule has 7 heteroatoms. The van der Waals surface area contributed by atoms with Gasteiger partial charge in [-0.3, -0.25) is 19.4 Å². The second kappa shape index (κ2) is 8.24. The van der Waals surface area contributed by atoms with E-state index >= 15 is 0 Å². The summed E-state index contributed by atoms with van der Waals surface area (Å²) in [5.74, 6) is -0.383. The van der Waals surface area contributed by atoms with Crippen LogP contribution in [0.2, 0.25) is 0 Å². The number of benzene rings is 1. The molecule has 134 valence electrons. The maximum absolute atomic E-state index is 12.6. The first kappa shape index (κ1) is 17.6. The number of piperazine rings is 1. The van der Waals surface area contributed by atoms with E-state index in [9.17, 15) is 14.4 Å². The van der Waals surface area contributed by atoms with Crippen molar-refractivity contribution in [1.29, 1.82) is 0 Å². The zero-order valence-corrected chi connectivity index (χ0v) is 14.3. The summed E-state index contributed by atoms with van der Waals surface area (Å²) in [6, 6.07) is 12.2. The fourth-order valence-electron chi connectivity index (χ4n) is 2.78. The Morgan fingerprint density at radius 3 is 2.50 bits per heavy atom. The first-order valence-electron chi connectivity index (χ1n) is 8.44. The van der Waals surface area contributed by atoms with Gasteiger partial charge in [0.05, 0.1) is 12.2 Å². The average molecular weight is 352 g/mol. The van der Waals surface area contributed by atoms with Crippen LogP contribution >= 0.6 is 0 Å². The molecular formula is C19H20N4O3. The van der Waals surface area contributed by atoms with Gasteiger partial charge in [0.2, 0.25) is 6.41 Å². The predicted octanol–water partition coefficient (Wildman–Crippen LogP) is 0.926. The zero-order valence-electron chi connectivity index (χ0n) is 14.3. The largest absolute Gasteiger partial charge is 0.346 e. The van der Waals surface area contributed by atoms with Gasteiger partial charge in [-0.25, -0.2) is 0 Å². The van der Waals surface area contributed by atoms with Crippen LogP contribution in [0.25, 0.3) is 0 Å². The van der Waals surface area contributed by atoms with Crippen LogP contribution in [0.15, 0.2) is 48.7 Å². The molecule has 0 spiro atoms. The third-order valence-corrected chi connectivity index (χ3v) is 4.28. The van der Waals surface area contributed by atoms with Crippen LogP contribution in [0.3, 0.4) is 0 Å². The first-order chi connectivity index (χ1) is 12.7. The second-order valence-electron chi connectivity index (χ2n) is 6.02. The fourth-order valence-corrected chi connectivity index (χ4v) is 2.78. The summed E-state index contributed by atoms with van der Waals surface area (Å²) in [6.45, 7) is 2.37. The van der Waals surface area contributed by atoms with Gasteiger partial charge in [-0.1, -0.05) is 12.1 Å². The van der Waals surface area contributed by atoms with Crippen molar-refractivity contribution in [2.45, 2.75) is 6.54 Å². The predicted molar refractivity (Wildman–Crippen MR) is 95.4 cm³/mol. The molecule has 7 nitrogen and oxygen atoms in total. The fraction of sp³-hybridized carbons (Fsp3) is 0.263. The molecule has 0 bridgehead atoms. The number of aromatic nitrogens is 1. The molecule has 1 aliphatic heterocycles. The molecule has 1 aliphatic rings. The third-order valence-electron chi connectivity index (χ3n) is 4.28. The van der Waals surface area contributed by atoms with Gasteiger partial charge in [-0.05, 0) is 30.3 Å². The molecule has 1 aromatic carbocycles. The van der Waals surface area contributed by atoms with Gasteiger partial charge in [0.1, 0.15) is 0 Å². The lowest BCUT2D eigenvalue weighted by Crippen LogP contribution is -2.48. The van der Waals surface area contributed by atoms with Crippen LogP contribution in [0.5, 0.6) is 0 Å². The molecule has 1 saturated heterocycles. The highest BCUT2D eigenvalue weighted by molar-refractivity contribution is 5.99. The van der Waals surface area contributed by atoms with Crippen molar-refractivity contribution in [3.63, 3.8) is 0 Å². The van der Waals surface area contributed by atoms with E-state index < -0.39 is 0 Å². The van der Waals surface area contributed by atoms with E-state index in [1.165, 1.54) is 0 Å². The number of nitrogens with one attached hydrogen (secondary N) is 1. The minimum Gasteiger partial charge on any atom is -0.346 e. The van der Waals surface area contributed by atoms with E-state index in [4.69, 9.17) is 0 Å². The second-order valence-corrected chi connectivity index (χ2v) is 6.02. The van der Waals surface area contributed by atoms with Gasteiger partial charge in [0, 0.05) is 43.5 Å². The molecule has 26 heavy (non-hydrogen) atoms. The lowest BCUT2D eigenvalue weighted by atomic mass is 10.1. The van der Waals surface area contributed by atoms with Gasteiger partial charge < -0.3 is 15.1 Å². The van der Waals surface area contributed by atoms with Gasteiger partial charge >= 0.3 is 0 Å². The van der Waals surface area contributed by atoms with Crippen LogP contribution in [0.4, 0.5) is 0 Å². The van der Waals surface area contributed by atoms with Crippen molar-refractivity contribution in [3.05, 3.63) is 65.5 Å². The Morgan fingerprint density at radius 1 is 1.04 bits per heavy atom. The molecule has 0 radical (unpaired) electrons. The number of nitrogens with zero attached hydrogens (tertiary/aromatic N) is 3. The number of carbonyl (C=O) groups excluding carboxylic acids is 3. The zero-order chi connectivity index (χ0) is 18.4. The maximum Gasteiger partial charge on any atom is 0.253 e. The quantitative estimate of drug-likeness (QED) is 0.812. The molecule has 0 aliphatic carbocycles. The summed E-state index contributed by atoms with van der Waals surface area (Å²) in [4.78, 5) is 43.2. The molecule has 0 saturated carbocycles. The summed E-state index contributed by atoms with van der Waals surface area (Å²) >= 11 is 0. The van der Waals surface area contributed by atoms with Crippen molar-refractivity contribution in [2.75, 3.05) is 26.2 Å². The molecule has 3 amide bonds. The van der Waals surface area contributed by atoms with E-state index in [1.54, 1.807) is 40.3 Å². The topological polar surface area (TPSA) is 82.6 Å². The minimum absolute atomic E-state index is 0.130. The van der Waals surface area contributed by atoms with Gasteiger partial charge in [0.15, 0.2) is 0 Å². The van der Waals surface area contributed by atoms with E-state index in [-0.39, 0.29) is 11.8 Å². The number of carbonyl (C=O) groups is 3. The first-order valence-corrected chi connectivity index (χ1v) is 8.44. The van der Waals surface area contributed by atoms with E-state index in [0.29, 0.717) is 43.9 Å². The molecule has 1 fully saturated rings. The normalized spacial score (nSPS) is 14.0. The summed E-state index contributed by atoms with van der Waals surface area (Å²) < 4.78 is 0.